The third-order valence-electron chi connectivity index (χ3n) is 5.48. The zero-order valence-electron chi connectivity index (χ0n) is 19.5. The molecule has 1 saturated heterocycles. The smallest absolute Gasteiger partial charge is 0.322 e. The molecule has 0 aromatic heterocycles. The summed E-state index contributed by atoms with van der Waals surface area (Å²) in [4.78, 5) is 40.7. The first-order chi connectivity index (χ1) is 14.4. The summed E-state index contributed by atoms with van der Waals surface area (Å²) in [7, 11) is 0. The van der Waals surface area contributed by atoms with Crippen molar-refractivity contribution in [3.8, 4) is 0 Å². The first kappa shape index (κ1) is 26.6. The third kappa shape index (κ3) is 8.69. The van der Waals surface area contributed by atoms with Crippen molar-refractivity contribution in [2.24, 2.45) is 22.1 Å². The minimum atomic E-state index is -0.993. The number of allylic oxidation sites excluding steroid dienone is 1. The van der Waals surface area contributed by atoms with Gasteiger partial charge < -0.3 is 16.2 Å². The molecule has 0 spiro atoms. The van der Waals surface area contributed by atoms with E-state index in [4.69, 9.17) is 5.73 Å². The fourth-order valence-electron chi connectivity index (χ4n) is 3.48. The molecule has 9 heteroatoms. The molecular formula is C22H39N5O4. The van der Waals surface area contributed by atoms with Gasteiger partial charge in [-0.15, -0.1) is 6.58 Å². The Kier molecular flexibility index (Phi) is 10.2. The monoisotopic (exact) mass is 437 g/mol. The number of aliphatic imine (C=N–C) groups is 1. The maximum Gasteiger partial charge on any atom is 0.322 e. The number of rotatable bonds is 11. The standard InChI is InChI=1S/C22H39N5O4/c1-7-11-22(5,6)12-10-17(28)25-18(14(2)3)19(23)24-15(4)20(29)27-13-8-9-16(26-27)21(30)31/h7,14-16,18,26H,1,8-13H2,2-6H3,(H2,23,24)(H,25,28)(H,30,31)/t15-,16-,18-/m0/s1. The molecule has 0 aromatic rings. The molecule has 1 rings (SSSR count). The average molecular weight is 438 g/mol. The van der Waals surface area contributed by atoms with Crippen molar-refractivity contribution < 1.29 is 19.5 Å². The van der Waals surface area contributed by atoms with Gasteiger partial charge in [-0.3, -0.25) is 24.4 Å². The largest absolute Gasteiger partial charge is 0.480 e. The Balaban J connectivity index is 2.76. The second kappa shape index (κ2) is 11.8. The number of carbonyl (C=O) groups excluding carboxylic acids is 2. The average Bonchev–Trinajstić information content (AvgIpc) is 2.69. The summed E-state index contributed by atoms with van der Waals surface area (Å²) in [6.07, 6.45) is 4.81. The van der Waals surface area contributed by atoms with Gasteiger partial charge in [0.15, 0.2) is 0 Å². The molecule has 9 nitrogen and oxygen atoms in total. The fraction of sp³-hybridized carbons (Fsp3) is 0.727. The van der Waals surface area contributed by atoms with Crippen LogP contribution < -0.4 is 16.5 Å². The van der Waals surface area contributed by atoms with Crippen molar-refractivity contribution in [2.75, 3.05) is 6.54 Å². The number of carboxylic acid groups (broad SMARTS) is 1. The lowest BCUT2D eigenvalue weighted by Crippen LogP contribution is -2.57. The number of aliphatic carboxylic acids is 1. The van der Waals surface area contributed by atoms with Crippen LogP contribution in [0.2, 0.25) is 0 Å². The Hall–Kier alpha value is -2.42. The van der Waals surface area contributed by atoms with E-state index in [2.05, 4.69) is 36.2 Å². The normalized spacial score (nSPS) is 19.6. The lowest BCUT2D eigenvalue weighted by molar-refractivity contribution is -0.147. The van der Waals surface area contributed by atoms with Gasteiger partial charge in [-0.2, -0.15) is 0 Å². The molecule has 5 N–H and O–H groups in total. The molecule has 0 radical (unpaired) electrons. The molecule has 0 aliphatic carbocycles. The van der Waals surface area contributed by atoms with Gasteiger partial charge in [-0.25, -0.2) is 5.43 Å². The molecule has 1 aliphatic heterocycles. The summed E-state index contributed by atoms with van der Waals surface area (Å²) in [5, 5.41) is 13.4. The number of hydrazine groups is 1. The first-order valence-electron chi connectivity index (χ1n) is 10.9. The molecule has 2 amide bonds. The SMILES string of the molecule is C=CCC(C)(C)CCC(=O)N[C@H](C(N)=N[C@@H](C)C(=O)N1CCC[C@@H](C(=O)O)N1)C(C)C. The number of amidine groups is 1. The van der Waals surface area contributed by atoms with Crippen LogP contribution in [0.3, 0.4) is 0 Å². The highest BCUT2D eigenvalue weighted by atomic mass is 16.4. The quantitative estimate of drug-likeness (QED) is 0.221. The van der Waals surface area contributed by atoms with E-state index in [0.29, 0.717) is 32.2 Å². The van der Waals surface area contributed by atoms with E-state index in [0.717, 1.165) is 6.42 Å². The van der Waals surface area contributed by atoms with E-state index in [-0.39, 0.29) is 29.0 Å². The van der Waals surface area contributed by atoms with Crippen LogP contribution in [0.1, 0.15) is 66.7 Å². The molecule has 0 aromatic carbocycles. The fourth-order valence-corrected chi connectivity index (χ4v) is 3.48. The van der Waals surface area contributed by atoms with Crippen LogP contribution in [-0.4, -0.2) is 58.4 Å². The van der Waals surface area contributed by atoms with Crippen LogP contribution >= 0.6 is 0 Å². The number of hydrogen-bond donors (Lipinski definition) is 4. The number of nitrogens with zero attached hydrogens (tertiary/aromatic N) is 2. The Morgan fingerprint density at radius 3 is 2.55 bits per heavy atom. The summed E-state index contributed by atoms with van der Waals surface area (Å²) in [5.74, 6) is -1.29. The van der Waals surface area contributed by atoms with Crippen LogP contribution in [0.4, 0.5) is 0 Å². The van der Waals surface area contributed by atoms with Crippen LogP contribution in [0.5, 0.6) is 0 Å². The minimum Gasteiger partial charge on any atom is -0.480 e. The summed E-state index contributed by atoms with van der Waals surface area (Å²) >= 11 is 0. The van der Waals surface area contributed by atoms with E-state index in [1.54, 1.807) is 6.92 Å². The van der Waals surface area contributed by atoms with Gasteiger partial charge in [0.25, 0.3) is 5.91 Å². The zero-order valence-corrected chi connectivity index (χ0v) is 19.5. The Morgan fingerprint density at radius 1 is 1.35 bits per heavy atom. The van der Waals surface area contributed by atoms with Crippen LogP contribution in [-0.2, 0) is 14.4 Å². The van der Waals surface area contributed by atoms with Gasteiger partial charge in [0.05, 0.1) is 6.04 Å². The van der Waals surface area contributed by atoms with Crippen molar-refractivity contribution >= 4 is 23.6 Å². The number of nitrogens with one attached hydrogen (secondary N) is 2. The molecule has 0 saturated carbocycles. The lowest BCUT2D eigenvalue weighted by Gasteiger charge is -2.33. The van der Waals surface area contributed by atoms with Gasteiger partial charge >= 0.3 is 5.97 Å². The highest BCUT2D eigenvalue weighted by Crippen LogP contribution is 2.26. The van der Waals surface area contributed by atoms with Gasteiger partial charge in [0.2, 0.25) is 5.91 Å². The van der Waals surface area contributed by atoms with Gasteiger partial charge in [-0.05, 0) is 43.9 Å². The predicted octanol–water partition coefficient (Wildman–Crippen LogP) is 1.84. The molecule has 176 valence electrons. The summed E-state index contributed by atoms with van der Waals surface area (Å²) in [6, 6.07) is -2.09. The maximum absolute atomic E-state index is 12.7. The van der Waals surface area contributed by atoms with Gasteiger partial charge in [0, 0.05) is 13.0 Å². The molecular weight excluding hydrogens is 398 g/mol. The van der Waals surface area contributed by atoms with Crippen molar-refractivity contribution in [2.45, 2.75) is 84.8 Å². The van der Waals surface area contributed by atoms with Gasteiger partial charge in [0.1, 0.15) is 17.9 Å². The number of amides is 2. The maximum atomic E-state index is 12.7. The molecule has 3 atom stereocenters. The van der Waals surface area contributed by atoms with Crippen LogP contribution in [0.15, 0.2) is 17.6 Å². The number of carboxylic acids is 1. The summed E-state index contributed by atoms with van der Waals surface area (Å²) < 4.78 is 0. The Bertz CT molecular complexity index is 689. The Morgan fingerprint density at radius 2 is 2.00 bits per heavy atom. The number of carbonyl (C=O) groups is 3. The van der Waals surface area contributed by atoms with E-state index >= 15 is 0 Å². The van der Waals surface area contributed by atoms with E-state index in [1.807, 2.05) is 19.9 Å². The van der Waals surface area contributed by atoms with Crippen molar-refractivity contribution in [1.82, 2.24) is 15.8 Å². The molecule has 31 heavy (non-hydrogen) atoms. The summed E-state index contributed by atoms with van der Waals surface area (Å²) in [6.45, 7) is 13.8. The second-order valence-corrected chi connectivity index (χ2v) is 9.33. The topological polar surface area (TPSA) is 137 Å². The van der Waals surface area contributed by atoms with Crippen molar-refractivity contribution in [3.63, 3.8) is 0 Å². The van der Waals surface area contributed by atoms with Gasteiger partial charge in [-0.1, -0.05) is 33.8 Å². The van der Waals surface area contributed by atoms with Crippen molar-refractivity contribution in [3.05, 3.63) is 12.7 Å². The van der Waals surface area contributed by atoms with Crippen LogP contribution in [0.25, 0.3) is 0 Å². The number of nitrogens with two attached hydrogens (primary N) is 1. The lowest BCUT2D eigenvalue weighted by atomic mass is 9.84. The van der Waals surface area contributed by atoms with Crippen molar-refractivity contribution in [1.29, 1.82) is 0 Å². The third-order valence-corrected chi connectivity index (χ3v) is 5.48. The number of hydrogen-bond acceptors (Lipinski definition) is 5. The second-order valence-electron chi connectivity index (χ2n) is 9.33. The predicted molar refractivity (Wildman–Crippen MR) is 121 cm³/mol. The Labute approximate surface area is 185 Å². The zero-order chi connectivity index (χ0) is 23.8. The molecule has 1 heterocycles. The summed E-state index contributed by atoms with van der Waals surface area (Å²) in [5.41, 5.74) is 8.90. The molecule has 0 unspecified atom stereocenters. The highest BCUT2D eigenvalue weighted by Gasteiger charge is 2.30. The molecule has 0 bridgehead atoms. The highest BCUT2D eigenvalue weighted by molar-refractivity contribution is 5.93. The van der Waals surface area contributed by atoms with E-state index in [9.17, 15) is 19.5 Å². The van der Waals surface area contributed by atoms with Crippen LogP contribution in [0, 0.1) is 11.3 Å². The van der Waals surface area contributed by atoms with E-state index in [1.165, 1.54) is 5.01 Å². The van der Waals surface area contributed by atoms with E-state index < -0.39 is 24.1 Å². The minimum absolute atomic E-state index is 0.0117. The first-order valence-corrected chi connectivity index (χ1v) is 10.9. The molecule has 1 fully saturated rings. The molecule has 1 aliphatic rings.